The van der Waals surface area contributed by atoms with Crippen molar-refractivity contribution in [3.63, 3.8) is 0 Å². The van der Waals surface area contributed by atoms with Crippen molar-refractivity contribution in [2.45, 2.75) is 59.6 Å². The summed E-state index contributed by atoms with van der Waals surface area (Å²) < 4.78 is 10.8. The number of nitrogens with zero attached hydrogens (tertiary/aromatic N) is 2. The molecule has 0 aliphatic carbocycles. The van der Waals surface area contributed by atoms with Crippen molar-refractivity contribution in [3.8, 4) is 0 Å². The van der Waals surface area contributed by atoms with E-state index in [4.69, 9.17) is 9.26 Å². The first kappa shape index (κ1) is 16.1. The van der Waals surface area contributed by atoms with E-state index < -0.39 is 0 Å². The maximum Gasteiger partial charge on any atom is 0.231 e. The van der Waals surface area contributed by atoms with Crippen LogP contribution < -0.4 is 5.32 Å². The predicted octanol–water partition coefficient (Wildman–Crippen LogP) is 2.73. The van der Waals surface area contributed by atoms with Crippen molar-refractivity contribution in [2.24, 2.45) is 5.92 Å². The zero-order valence-corrected chi connectivity index (χ0v) is 12.8. The Hall–Kier alpha value is -0.940. The minimum absolute atomic E-state index is 0.229. The lowest BCUT2D eigenvalue weighted by molar-refractivity contribution is 0.114. The number of likely N-dealkylation sites (N-methyl/N-ethyl adjacent to an activating group) is 1. The van der Waals surface area contributed by atoms with E-state index in [-0.39, 0.29) is 5.92 Å². The number of nitrogens with one attached hydrogen (secondary N) is 1. The van der Waals surface area contributed by atoms with Crippen LogP contribution in [-0.2, 0) is 11.3 Å². The van der Waals surface area contributed by atoms with Crippen LogP contribution in [0.2, 0.25) is 0 Å². The van der Waals surface area contributed by atoms with Gasteiger partial charge in [0.2, 0.25) is 5.89 Å². The van der Waals surface area contributed by atoms with E-state index in [2.05, 4.69) is 50.1 Å². The van der Waals surface area contributed by atoms with Crippen LogP contribution in [0.4, 0.5) is 0 Å². The van der Waals surface area contributed by atoms with Gasteiger partial charge in [0, 0.05) is 12.6 Å². The molecule has 2 atom stereocenters. The summed E-state index contributed by atoms with van der Waals surface area (Å²) in [6, 6.07) is 0.315. The van der Waals surface area contributed by atoms with Gasteiger partial charge in [0.1, 0.15) is 6.61 Å². The summed E-state index contributed by atoms with van der Waals surface area (Å²) in [6.45, 7) is 12.8. The fourth-order valence-corrected chi connectivity index (χ4v) is 2.29. The monoisotopic (exact) mass is 269 g/mol. The Morgan fingerprint density at radius 1 is 1.26 bits per heavy atom. The molecule has 0 amide bonds. The molecule has 5 nitrogen and oxygen atoms in total. The highest BCUT2D eigenvalue weighted by atomic mass is 16.5. The predicted molar refractivity (Wildman–Crippen MR) is 75.0 cm³/mol. The third-order valence-corrected chi connectivity index (χ3v) is 3.13. The maximum atomic E-state index is 5.43. The van der Waals surface area contributed by atoms with Gasteiger partial charge in [0.15, 0.2) is 5.82 Å². The van der Waals surface area contributed by atoms with Crippen LogP contribution >= 0.6 is 0 Å². The quantitative estimate of drug-likeness (QED) is 0.698. The Morgan fingerprint density at radius 2 is 2.00 bits per heavy atom. The number of ether oxygens (including phenoxy) is 1. The van der Waals surface area contributed by atoms with Crippen molar-refractivity contribution in [2.75, 3.05) is 13.2 Å². The lowest BCUT2D eigenvalue weighted by atomic mass is 9.89. The molecule has 0 aliphatic heterocycles. The SMILES string of the molecule is CCCOCc1noc(C(C(C)C)C(C)NCC)n1. The first-order chi connectivity index (χ1) is 9.10. The van der Waals surface area contributed by atoms with Crippen LogP contribution in [0.25, 0.3) is 0 Å². The van der Waals surface area contributed by atoms with E-state index in [1.807, 2.05) is 0 Å². The molecule has 5 heteroatoms. The minimum atomic E-state index is 0.229. The van der Waals surface area contributed by atoms with E-state index in [1.54, 1.807) is 0 Å². The summed E-state index contributed by atoms with van der Waals surface area (Å²) in [6.07, 6.45) is 0.997. The molecule has 1 aromatic heterocycles. The van der Waals surface area contributed by atoms with Crippen LogP contribution in [0.1, 0.15) is 58.7 Å². The molecule has 2 unspecified atom stereocenters. The van der Waals surface area contributed by atoms with Crippen LogP contribution in [0, 0.1) is 5.92 Å². The molecule has 0 saturated carbocycles. The summed E-state index contributed by atoms with van der Waals surface area (Å²) in [5.74, 6) is 2.02. The van der Waals surface area contributed by atoms with Gasteiger partial charge in [0.05, 0.1) is 5.92 Å². The van der Waals surface area contributed by atoms with E-state index in [1.165, 1.54) is 0 Å². The lowest BCUT2D eigenvalue weighted by Crippen LogP contribution is -2.34. The smallest absolute Gasteiger partial charge is 0.231 e. The number of rotatable bonds is 9. The van der Waals surface area contributed by atoms with E-state index in [0.29, 0.717) is 30.3 Å². The van der Waals surface area contributed by atoms with Crippen LogP contribution in [0.15, 0.2) is 4.52 Å². The van der Waals surface area contributed by atoms with Crippen LogP contribution in [0.5, 0.6) is 0 Å². The molecule has 1 heterocycles. The molecular formula is C14H27N3O2. The van der Waals surface area contributed by atoms with Gasteiger partial charge < -0.3 is 14.6 Å². The highest BCUT2D eigenvalue weighted by Crippen LogP contribution is 2.26. The zero-order valence-electron chi connectivity index (χ0n) is 12.8. The Kier molecular flexibility index (Phi) is 7.02. The van der Waals surface area contributed by atoms with Gasteiger partial charge in [-0.05, 0) is 25.8 Å². The summed E-state index contributed by atoms with van der Waals surface area (Å²) in [4.78, 5) is 4.46. The molecule has 110 valence electrons. The highest BCUT2D eigenvalue weighted by molar-refractivity contribution is 4.99. The molecule has 1 aromatic rings. The van der Waals surface area contributed by atoms with E-state index in [9.17, 15) is 0 Å². The van der Waals surface area contributed by atoms with Crippen molar-refractivity contribution in [3.05, 3.63) is 11.7 Å². The summed E-state index contributed by atoms with van der Waals surface area (Å²) in [7, 11) is 0. The minimum Gasteiger partial charge on any atom is -0.373 e. The molecule has 0 aromatic carbocycles. The second kappa shape index (κ2) is 8.27. The van der Waals surface area contributed by atoms with Crippen molar-refractivity contribution < 1.29 is 9.26 Å². The van der Waals surface area contributed by atoms with E-state index >= 15 is 0 Å². The summed E-state index contributed by atoms with van der Waals surface area (Å²) in [5.41, 5.74) is 0. The van der Waals surface area contributed by atoms with Gasteiger partial charge in [-0.3, -0.25) is 0 Å². The van der Waals surface area contributed by atoms with Gasteiger partial charge in [0.25, 0.3) is 0 Å². The molecule has 0 fully saturated rings. The largest absolute Gasteiger partial charge is 0.373 e. The number of hydrogen-bond donors (Lipinski definition) is 1. The van der Waals surface area contributed by atoms with Crippen LogP contribution in [0.3, 0.4) is 0 Å². The molecule has 0 spiro atoms. The first-order valence-electron chi connectivity index (χ1n) is 7.23. The fourth-order valence-electron chi connectivity index (χ4n) is 2.29. The van der Waals surface area contributed by atoms with Crippen molar-refractivity contribution >= 4 is 0 Å². The third-order valence-electron chi connectivity index (χ3n) is 3.13. The second-order valence-corrected chi connectivity index (χ2v) is 5.22. The molecule has 19 heavy (non-hydrogen) atoms. The average Bonchev–Trinajstić information content (AvgIpc) is 2.78. The maximum absolute atomic E-state index is 5.43. The van der Waals surface area contributed by atoms with Gasteiger partial charge in [-0.15, -0.1) is 0 Å². The second-order valence-electron chi connectivity index (χ2n) is 5.22. The van der Waals surface area contributed by atoms with Crippen LogP contribution in [-0.4, -0.2) is 29.3 Å². The summed E-state index contributed by atoms with van der Waals surface area (Å²) in [5, 5.41) is 7.42. The fraction of sp³-hybridized carbons (Fsp3) is 0.857. The molecule has 0 aliphatic rings. The molecular weight excluding hydrogens is 242 g/mol. The first-order valence-corrected chi connectivity index (χ1v) is 7.23. The van der Waals surface area contributed by atoms with Crippen molar-refractivity contribution in [1.82, 2.24) is 15.5 Å². The van der Waals surface area contributed by atoms with Gasteiger partial charge >= 0.3 is 0 Å². The van der Waals surface area contributed by atoms with Gasteiger partial charge in [-0.25, -0.2) is 0 Å². The van der Waals surface area contributed by atoms with Gasteiger partial charge in [-0.2, -0.15) is 4.98 Å². The molecule has 0 radical (unpaired) electrons. The third kappa shape index (κ3) is 4.91. The molecule has 0 saturated heterocycles. The topological polar surface area (TPSA) is 60.2 Å². The summed E-state index contributed by atoms with van der Waals surface area (Å²) >= 11 is 0. The Labute approximate surface area is 116 Å². The van der Waals surface area contributed by atoms with Gasteiger partial charge in [-0.1, -0.05) is 32.9 Å². The molecule has 1 N–H and O–H groups in total. The zero-order chi connectivity index (χ0) is 14.3. The number of hydrogen-bond acceptors (Lipinski definition) is 5. The Balaban J connectivity index is 2.69. The Morgan fingerprint density at radius 3 is 2.58 bits per heavy atom. The number of aromatic nitrogens is 2. The average molecular weight is 269 g/mol. The Bertz CT molecular complexity index is 352. The standard InChI is InChI=1S/C14H27N3O2/c1-6-8-18-9-12-16-14(19-17-12)13(10(3)4)11(5)15-7-2/h10-11,13,15H,6-9H2,1-5H3. The molecule has 1 rings (SSSR count). The normalized spacial score (nSPS) is 14.8. The highest BCUT2D eigenvalue weighted by Gasteiger charge is 2.27. The van der Waals surface area contributed by atoms with E-state index in [0.717, 1.165) is 19.6 Å². The molecule has 0 bridgehead atoms. The van der Waals surface area contributed by atoms with Crippen molar-refractivity contribution in [1.29, 1.82) is 0 Å². The lowest BCUT2D eigenvalue weighted by Gasteiger charge is -2.24.